The van der Waals surface area contributed by atoms with E-state index in [1.165, 1.54) is 5.57 Å². The predicted octanol–water partition coefficient (Wildman–Crippen LogP) is 2.86. The van der Waals surface area contributed by atoms with Crippen LogP contribution in [0.1, 0.15) is 40.0 Å². The van der Waals surface area contributed by atoms with Gasteiger partial charge >= 0.3 is 0 Å². The van der Waals surface area contributed by atoms with Crippen LogP contribution < -0.4 is 5.73 Å². The number of hydrogen-bond acceptors (Lipinski definition) is 2. The van der Waals surface area contributed by atoms with E-state index in [9.17, 15) is 0 Å². The lowest BCUT2D eigenvalue weighted by molar-refractivity contribution is 0.377. The van der Waals surface area contributed by atoms with Gasteiger partial charge in [0.2, 0.25) is 0 Å². The first kappa shape index (κ1) is 13.2. The first-order valence-corrected chi connectivity index (χ1v) is 5.28. The Morgan fingerprint density at radius 2 is 2.21 bits per heavy atom. The first-order chi connectivity index (χ1) is 6.50. The van der Waals surface area contributed by atoms with Gasteiger partial charge < -0.3 is 5.73 Å². The van der Waals surface area contributed by atoms with Gasteiger partial charge in [0.15, 0.2) is 0 Å². The zero-order valence-corrected chi connectivity index (χ0v) is 9.64. The molecular weight excluding hydrogens is 172 g/mol. The normalized spacial score (nSPS) is 16.8. The van der Waals surface area contributed by atoms with Crippen LogP contribution in [0.3, 0.4) is 0 Å². The van der Waals surface area contributed by atoms with E-state index >= 15 is 0 Å². The topological polar surface area (TPSA) is 49.8 Å². The smallest absolute Gasteiger partial charge is 0.0652 e. The third-order valence-electron chi connectivity index (χ3n) is 3.18. The molecule has 2 nitrogen and oxygen atoms in total. The average molecular weight is 194 g/mol. The highest BCUT2D eigenvalue weighted by molar-refractivity contribution is 5.09. The Morgan fingerprint density at radius 3 is 2.57 bits per heavy atom. The van der Waals surface area contributed by atoms with Crippen LogP contribution in [0.5, 0.6) is 0 Å². The van der Waals surface area contributed by atoms with E-state index in [4.69, 9.17) is 11.0 Å². The lowest BCUT2D eigenvalue weighted by atomic mass is 9.78. The molecule has 0 aromatic carbocycles. The summed E-state index contributed by atoms with van der Waals surface area (Å²) in [5.41, 5.74) is 6.97. The van der Waals surface area contributed by atoms with E-state index in [-0.39, 0.29) is 11.3 Å². The van der Waals surface area contributed by atoms with Crippen molar-refractivity contribution >= 4 is 0 Å². The number of nitriles is 1. The maximum atomic E-state index is 8.66. The van der Waals surface area contributed by atoms with Gasteiger partial charge in [-0.25, -0.2) is 0 Å². The van der Waals surface area contributed by atoms with Crippen molar-refractivity contribution < 1.29 is 0 Å². The molecule has 0 saturated heterocycles. The Hall–Kier alpha value is -0.810. The van der Waals surface area contributed by atoms with Gasteiger partial charge in [-0.2, -0.15) is 5.26 Å². The molecule has 0 aromatic heterocycles. The summed E-state index contributed by atoms with van der Waals surface area (Å²) in [6, 6.07) is 2.24. The van der Waals surface area contributed by atoms with Crippen LogP contribution in [0.15, 0.2) is 12.2 Å². The predicted molar refractivity (Wildman–Crippen MR) is 60.6 cm³/mol. The Morgan fingerprint density at radius 1 is 1.64 bits per heavy atom. The maximum absolute atomic E-state index is 8.66. The van der Waals surface area contributed by atoms with Crippen molar-refractivity contribution in [1.82, 2.24) is 0 Å². The zero-order chi connectivity index (χ0) is 11.2. The molecule has 0 amide bonds. The molecule has 0 aliphatic rings. The molecule has 2 atom stereocenters. The average Bonchev–Trinajstić information content (AvgIpc) is 2.23. The molecule has 0 radical (unpaired) electrons. The van der Waals surface area contributed by atoms with Crippen LogP contribution in [0.4, 0.5) is 0 Å². The second-order valence-corrected chi connectivity index (χ2v) is 4.29. The molecule has 0 fully saturated rings. The van der Waals surface area contributed by atoms with Gasteiger partial charge in [0.1, 0.15) is 0 Å². The molecule has 0 aromatic rings. The molecule has 0 heterocycles. The van der Waals surface area contributed by atoms with Gasteiger partial charge in [0.25, 0.3) is 0 Å². The van der Waals surface area contributed by atoms with Crippen LogP contribution in [0, 0.1) is 22.7 Å². The molecule has 0 aliphatic carbocycles. The van der Waals surface area contributed by atoms with Crippen LogP contribution in [0.2, 0.25) is 0 Å². The van der Waals surface area contributed by atoms with Gasteiger partial charge in [0.05, 0.1) is 6.07 Å². The molecule has 0 rings (SSSR count). The van der Waals surface area contributed by atoms with Crippen molar-refractivity contribution in [3.63, 3.8) is 0 Å². The van der Waals surface area contributed by atoms with Crippen LogP contribution >= 0.6 is 0 Å². The first-order valence-electron chi connectivity index (χ1n) is 5.28. The van der Waals surface area contributed by atoms with Crippen molar-refractivity contribution in [2.75, 3.05) is 6.54 Å². The summed E-state index contributed by atoms with van der Waals surface area (Å²) in [7, 11) is 0. The van der Waals surface area contributed by atoms with Crippen molar-refractivity contribution in [2.24, 2.45) is 17.1 Å². The lowest BCUT2D eigenvalue weighted by Crippen LogP contribution is -2.28. The molecule has 2 N–H and O–H groups in total. The Labute approximate surface area is 87.8 Å². The van der Waals surface area contributed by atoms with Crippen LogP contribution in [-0.4, -0.2) is 6.54 Å². The monoisotopic (exact) mass is 194 g/mol. The highest BCUT2D eigenvalue weighted by Gasteiger charge is 2.23. The van der Waals surface area contributed by atoms with Gasteiger partial charge in [-0.1, -0.05) is 26.0 Å². The van der Waals surface area contributed by atoms with Crippen LogP contribution in [0.25, 0.3) is 0 Å². The minimum absolute atomic E-state index is 0.0508. The van der Waals surface area contributed by atoms with Crippen molar-refractivity contribution in [2.45, 2.75) is 40.0 Å². The van der Waals surface area contributed by atoms with E-state index < -0.39 is 0 Å². The van der Waals surface area contributed by atoms with Gasteiger partial charge in [-0.05, 0) is 26.2 Å². The highest BCUT2D eigenvalue weighted by atomic mass is 14.6. The quantitative estimate of drug-likeness (QED) is 0.661. The van der Waals surface area contributed by atoms with Crippen molar-refractivity contribution in [1.29, 1.82) is 5.26 Å². The zero-order valence-electron chi connectivity index (χ0n) is 9.64. The number of rotatable bonds is 6. The highest BCUT2D eigenvalue weighted by Crippen LogP contribution is 2.31. The lowest BCUT2D eigenvalue weighted by Gasteiger charge is -2.29. The van der Waals surface area contributed by atoms with E-state index in [1.807, 2.05) is 6.92 Å². The van der Waals surface area contributed by atoms with Crippen molar-refractivity contribution in [3.8, 4) is 6.07 Å². The molecule has 2 heteroatoms. The van der Waals surface area contributed by atoms with E-state index in [1.54, 1.807) is 0 Å². The Kier molecular flexibility index (Phi) is 5.49. The van der Waals surface area contributed by atoms with E-state index in [2.05, 4.69) is 26.5 Å². The third kappa shape index (κ3) is 3.51. The van der Waals surface area contributed by atoms with E-state index in [0.29, 0.717) is 6.54 Å². The van der Waals surface area contributed by atoms with Gasteiger partial charge in [-0.3, -0.25) is 0 Å². The summed E-state index contributed by atoms with van der Waals surface area (Å²) in [4.78, 5) is 0. The summed E-state index contributed by atoms with van der Waals surface area (Å²) in [6.07, 6.45) is 2.82. The number of nitrogens with zero attached hydrogens (tertiary/aromatic N) is 1. The fraction of sp³-hybridized carbons (Fsp3) is 0.750. The second-order valence-electron chi connectivity index (χ2n) is 4.29. The summed E-state index contributed by atoms with van der Waals surface area (Å²) in [5, 5.41) is 8.66. The number of hydrogen-bond donors (Lipinski definition) is 1. The largest absolute Gasteiger partial charge is 0.330 e. The number of nitrogens with two attached hydrogens (primary N) is 1. The SMILES string of the molecule is C=C(CCC(C)C#N)C(C)(CC)CN. The molecule has 2 unspecified atom stereocenters. The van der Waals surface area contributed by atoms with Crippen molar-refractivity contribution in [3.05, 3.63) is 12.2 Å². The molecule has 14 heavy (non-hydrogen) atoms. The van der Waals surface area contributed by atoms with Gasteiger partial charge in [0, 0.05) is 17.9 Å². The summed E-state index contributed by atoms with van der Waals surface area (Å²) in [5.74, 6) is 0.116. The third-order valence-corrected chi connectivity index (χ3v) is 3.18. The Balaban J connectivity index is 4.14. The Bertz CT molecular complexity index is 221. The minimum Gasteiger partial charge on any atom is -0.330 e. The molecule has 0 saturated carbocycles. The fourth-order valence-electron chi connectivity index (χ4n) is 1.30. The standard InChI is InChI=1S/C12H22N2/c1-5-12(4,9-14)11(3)7-6-10(2)8-13/h10H,3,5-7,9,14H2,1-2,4H3. The van der Waals surface area contributed by atoms with E-state index in [0.717, 1.165) is 19.3 Å². The summed E-state index contributed by atoms with van der Waals surface area (Å²) < 4.78 is 0. The minimum atomic E-state index is 0.0508. The molecule has 0 spiro atoms. The fourth-order valence-corrected chi connectivity index (χ4v) is 1.30. The molecular formula is C12H22N2. The molecule has 0 aliphatic heterocycles. The summed E-state index contributed by atoms with van der Waals surface area (Å²) in [6.45, 7) is 10.9. The second kappa shape index (κ2) is 5.82. The maximum Gasteiger partial charge on any atom is 0.0652 e. The summed E-state index contributed by atoms with van der Waals surface area (Å²) >= 11 is 0. The molecule has 80 valence electrons. The van der Waals surface area contributed by atoms with Crippen LogP contribution in [-0.2, 0) is 0 Å². The molecule has 0 bridgehead atoms. The van der Waals surface area contributed by atoms with Gasteiger partial charge in [-0.15, -0.1) is 0 Å².